The zero-order valence-electron chi connectivity index (χ0n) is 7.85. The van der Waals surface area contributed by atoms with E-state index in [0.717, 1.165) is 25.0 Å². The van der Waals surface area contributed by atoms with Crippen LogP contribution in [0.2, 0.25) is 0 Å². The van der Waals surface area contributed by atoms with Crippen molar-refractivity contribution >= 4 is 5.78 Å². The molecule has 0 spiro atoms. The minimum absolute atomic E-state index is 0.174. The number of ether oxygens (including phenoxy) is 1. The molecule has 1 unspecified atom stereocenters. The van der Waals surface area contributed by atoms with Crippen molar-refractivity contribution in [1.82, 2.24) is 0 Å². The van der Waals surface area contributed by atoms with Crippen LogP contribution in [0.5, 0.6) is 0 Å². The van der Waals surface area contributed by atoms with Crippen molar-refractivity contribution in [1.29, 1.82) is 0 Å². The van der Waals surface area contributed by atoms with Gasteiger partial charge in [0.15, 0.2) is 5.78 Å². The van der Waals surface area contributed by atoms with E-state index in [1.54, 1.807) is 0 Å². The molecule has 2 nitrogen and oxygen atoms in total. The maximum Gasteiger partial charge on any atom is 0.168 e. The van der Waals surface area contributed by atoms with E-state index in [0.29, 0.717) is 6.42 Å². The number of rotatable bonds is 3. The first kappa shape index (κ1) is 9.46. The molecule has 1 fully saturated rings. The smallest absolute Gasteiger partial charge is 0.168 e. The molecule has 0 radical (unpaired) electrons. The molecule has 1 atom stereocenters. The third kappa shape index (κ3) is 1.95. The molecule has 0 aliphatic carbocycles. The van der Waals surface area contributed by atoms with Crippen LogP contribution in [-0.4, -0.2) is 18.0 Å². The molecule has 2 heteroatoms. The van der Waals surface area contributed by atoms with E-state index in [4.69, 9.17) is 4.74 Å². The summed E-state index contributed by atoms with van der Waals surface area (Å²) in [5.41, 5.74) is 0.399. The van der Waals surface area contributed by atoms with Gasteiger partial charge in [-0.2, -0.15) is 0 Å². The highest BCUT2D eigenvalue weighted by atomic mass is 16.5. The lowest BCUT2D eigenvalue weighted by molar-refractivity contribution is -0.136. The van der Waals surface area contributed by atoms with Crippen LogP contribution in [0.4, 0.5) is 0 Å². The molecule has 1 heterocycles. The van der Waals surface area contributed by atoms with Gasteiger partial charge in [-0.1, -0.05) is 12.2 Å². The van der Waals surface area contributed by atoms with E-state index in [1.807, 2.05) is 13.8 Å². The number of ketones is 1. The fourth-order valence-electron chi connectivity index (χ4n) is 1.46. The highest BCUT2D eigenvalue weighted by molar-refractivity contribution is 5.88. The standard InChI is InChI=1S/C10H16O2/c1-8(2)7-9(11)10(3)5-4-6-12-10/h1,4-7H2,2-3H3. The van der Waals surface area contributed by atoms with Crippen molar-refractivity contribution in [2.45, 2.75) is 38.7 Å². The number of carbonyl (C=O) groups is 1. The summed E-state index contributed by atoms with van der Waals surface area (Å²) in [6, 6.07) is 0. The van der Waals surface area contributed by atoms with Crippen LogP contribution in [0.25, 0.3) is 0 Å². The molecule has 1 rings (SSSR count). The van der Waals surface area contributed by atoms with Crippen LogP contribution >= 0.6 is 0 Å². The topological polar surface area (TPSA) is 26.3 Å². The summed E-state index contributed by atoms with van der Waals surface area (Å²) in [5, 5.41) is 0. The number of Topliss-reactive ketones (excluding diaryl/α,β-unsaturated/α-hetero) is 1. The molecule has 0 N–H and O–H groups in total. The number of hydrogen-bond donors (Lipinski definition) is 0. The zero-order valence-corrected chi connectivity index (χ0v) is 7.85. The quantitative estimate of drug-likeness (QED) is 0.603. The third-order valence-electron chi connectivity index (χ3n) is 2.27. The summed E-state index contributed by atoms with van der Waals surface area (Å²) in [6.45, 7) is 8.19. The summed E-state index contributed by atoms with van der Waals surface area (Å²) >= 11 is 0. The van der Waals surface area contributed by atoms with Crippen molar-refractivity contribution < 1.29 is 9.53 Å². The molecule has 1 saturated heterocycles. The number of carbonyl (C=O) groups excluding carboxylic acids is 1. The van der Waals surface area contributed by atoms with E-state index in [-0.39, 0.29) is 5.78 Å². The van der Waals surface area contributed by atoms with Crippen molar-refractivity contribution in [3.63, 3.8) is 0 Å². The minimum atomic E-state index is -0.515. The largest absolute Gasteiger partial charge is 0.367 e. The summed E-state index contributed by atoms with van der Waals surface area (Å²) in [6.07, 6.45) is 2.31. The Kier molecular flexibility index (Phi) is 2.68. The van der Waals surface area contributed by atoms with Gasteiger partial charge in [-0.25, -0.2) is 0 Å². The molecule has 0 saturated carbocycles. The van der Waals surface area contributed by atoms with Crippen LogP contribution in [0.1, 0.15) is 33.1 Å². The first-order valence-electron chi connectivity index (χ1n) is 4.36. The number of allylic oxidation sites excluding steroid dienone is 1. The van der Waals surface area contributed by atoms with Crippen LogP contribution in [0.15, 0.2) is 12.2 Å². The Morgan fingerprint density at radius 2 is 2.33 bits per heavy atom. The first-order valence-corrected chi connectivity index (χ1v) is 4.36. The maximum atomic E-state index is 11.6. The summed E-state index contributed by atoms with van der Waals surface area (Å²) in [5.74, 6) is 0.174. The highest BCUT2D eigenvalue weighted by Gasteiger charge is 2.36. The molecule has 68 valence electrons. The average Bonchev–Trinajstić information content (AvgIpc) is 2.36. The van der Waals surface area contributed by atoms with Crippen molar-refractivity contribution in [3.8, 4) is 0 Å². The van der Waals surface area contributed by atoms with E-state index in [2.05, 4.69) is 6.58 Å². The summed E-state index contributed by atoms with van der Waals surface area (Å²) < 4.78 is 5.41. The predicted octanol–water partition coefficient (Wildman–Crippen LogP) is 2.09. The second-order valence-corrected chi connectivity index (χ2v) is 3.74. The van der Waals surface area contributed by atoms with E-state index >= 15 is 0 Å². The van der Waals surface area contributed by atoms with Crippen molar-refractivity contribution in [3.05, 3.63) is 12.2 Å². The van der Waals surface area contributed by atoms with Gasteiger partial charge in [0, 0.05) is 13.0 Å². The van der Waals surface area contributed by atoms with Gasteiger partial charge < -0.3 is 4.74 Å². The van der Waals surface area contributed by atoms with Gasteiger partial charge in [-0.15, -0.1) is 0 Å². The molecule has 0 aromatic rings. The Bertz CT molecular complexity index is 200. The molecule has 0 amide bonds. The molecular formula is C10H16O2. The Morgan fingerprint density at radius 3 is 2.75 bits per heavy atom. The Morgan fingerprint density at radius 1 is 1.67 bits per heavy atom. The maximum absolute atomic E-state index is 11.6. The van der Waals surface area contributed by atoms with Gasteiger partial charge in [-0.3, -0.25) is 4.79 Å². The van der Waals surface area contributed by atoms with Gasteiger partial charge in [0.25, 0.3) is 0 Å². The van der Waals surface area contributed by atoms with E-state index in [9.17, 15) is 4.79 Å². The molecular weight excluding hydrogens is 152 g/mol. The second kappa shape index (κ2) is 3.40. The van der Waals surface area contributed by atoms with Gasteiger partial charge in [0.05, 0.1) is 0 Å². The lowest BCUT2D eigenvalue weighted by atomic mass is 9.93. The fraction of sp³-hybridized carbons (Fsp3) is 0.700. The average molecular weight is 168 g/mol. The predicted molar refractivity (Wildman–Crippen MR) is 48.0 cm³/mol. The van der Waals surface area contributed by atoms with Crippen LogP contribution < -0.4 is 0 Å². The molecule has 1 aliphatic heterocycles. The summed E-state index contributed by atoms with van der Waals surface area (Å²) in [7, 11) is 0. The molecule has 0 aromatic carbocycles. The summed E-state index contributed by atoms with van der Waals surface area (Å²) in [4.78, 5) is 11.6. The highest BCUT2D eigenvalue weighted by Crippen LogP contribution is 2.27. The Hall–Kier alpha value is -0.630. The fourth-order valence-corrected chi connectivity index (χ4v) is 1.46. The molecule has 0 bridgehead atoms. The van der Waals surface area contributed by atoms with E-state index < -0.39 is 5.60 Å². The molecule has 12 heavy (non-hydrogen) atoms. The van der Waals surface area contributed by atoms with Crippen LogP contribution in [0.3, 0.4) is 0 Å². The van der Waals surface area contributed by atoms with Crippen LogP contribution in [-0.2, 0) is 9.53 Å². The van der Waals surface area contributed by atoms with Gasteiger partial charge >= 0.3 is 0 Å². The SMILES string of the molecule is C=C(C)CC(=O)C1(C)CCCO1. The third-order valence-corrected chi connectivity index (χ3v) is 2.27. The van der Waals surface area contributed by atoms with Gasteiger partial charge in [0.2, 0.25) is 0 Å². The Labute approximate surface area is 73.6 Å². The minimum Gasteiger partial charge on any atom is -0.367 e. The van der Waals surface area contributed by atoms with Crippen molar-refractivity contribution in [2.24, 2.45) is 0 Å². The lowest BCUT2D eigenvalue weighted by Crippen LogP contribution is -2.34. The normalized spacial score (nSPS) is 28.8. The second-order valence-electron chi connectivity index (χ2n) is 3.74. The van der Waals surface area contributed by atoms with E-state index in [1.165, 1.54) is 0 Å². The van der Waals surface area contributed by atoms with Gasteiger partial charge in [-0.05, 0) is 26.7 Å². The zero-order chi connectivity index (χ0) is 9.19. The van der Waals surface area contributed by atoms with Crippen molar-refractivity contribution in [2.75, 3.05) is 6.61 Å². The van der Waals surface area contributed by atoms with Gasteiger partial charge in [0.1, 0.15) is 5.60 Å². The lowest BCUT2D eigenvalue weighted by Gasteiger charge is -2.21. The Balaban J connectivity index is 2.56. The first-order chi connectivity index (χ1) is 5.54. The monoisotopic (exact) mass is 168 g/mol. The molecule has 1 aliphatic rings. The number of hydrogen-bond acceptors (Lipinski definition) is 2. The van der Waals surface area contributed by atoms with Crippen LogP contribution in [0, 0.1) is 0 Å². The molecule has 0 aromatic heterocycles.